The normalized spacial score (nSPS) is 36.2. The number of phenols is 1. The third kappa shape index (κ3) is 4.58. The van der Waals surface area contributed by atoms with Gasteiger partial charge >= 0.3 is 5.97 Å². The van der Waals surface area contributed by atoms with Crippen molar-refractivity contribution >= 4 is 5.97 Å². The average Bonchev–Trinajstić information content (AvgIpc) is 2.76. The van der Waals surface area contributed by atoms with Crippen molar-refractivity contribution in [1.29, 1.82) is 0 Å². The average molecular weight is 489 g/mol. The summed E-state index contributed by atoms with van der Waals surface area (Å²) in [5.41, 5.74) is 5.48. The van der Waals surface area contributed by atoms with Gasteiger partial charge in [0.2, 0.25) is 6.29 Å². The molecule has 7 nitrogen and oxygen atoms in total. The monoisotopic (exact) mass is 488 g/mol. The lowest BCUT2D eigenvalue weighted by Gasteiger charge is -2.44. The van der Waals surface area contributed by atoms with Crippen LogP contribution in [0.4, 0.5) is 0 Å². The first-order valence-electron chi connectivity index (χ1n) is 12.8. The summed E-state index contributed by atoms with van der Waals surface area (Å²) < 4.78 is 17.4. The lowest BCUT2D eigenvalue weighted by Crippen LogP contribution is -2.59. The van der Waals surface area contributed by atoms with Crippen LogP contribution >= 0.6 is 0 Å². The lowest BCUT2D eigenvalue weighted by atomic mass is 9.62. The van der Waals surface area contributed by atoms with Gasteiger partial charge in [0.05, 0.1) is 6.10 Å². The Kier molecular flexibility index (Phi) is 7.24. The summed E-state index contributed by atoms with van der Waals surface area (Å²) >= 11 is 0. The molecule has 1 heterocycles. The number of benzene rings is 1. The minimum Gasteiger partial charge on any atom is -0.504 e. The number of carbonyl (C=O) groups is 1. The fraction of sp³-hybridized carbons (Fsp3) is 0.679. The van der Waals surface area contributed by atoms with E-state index in [1.807, 2.05) is 6.92 Å². The van der Waals surface area contributed by atoms with E-state index in [0.717, 1.165) is 30.4 Å². The largest absolute Gasteiger partial charge is 0.504 e. The lowest BCUT2D eigenvalue weighted by molar-refractivity contribution is -0.273. The Bertz CT molecular complexity index is 1010. The molecule has 1 saturated heterocycles. The number of allylic oxidation sites excluding steroid dienone is 2. The Labute approximate surface area is 208 Å². The van der Waals surface area contributed by atoms with Crippen molar-refractivity contribution in [3.63, 3.8) is 0 Å². The van der Waals surface area contributed by atoms with Gasteiger partial charge < -0.3 is 29.5 Å². The first-order chi connectivity index (χ1) is 16.4. The molecule has 1 aromatic rings. The van der Waals surface area contributed by atoms with E-state index in [2.05, 4.69) is 33.8 Å². The summed E-state index contributed by atoms with van der Waals surface area (Å²) in [7, 11) is 0. The van der Waals surface area contributed by atoms with Crippen LogP contribution in [0.3, 0.4) is 0 Å². The zero-order chi connectivity index (χ0) is 25.8. The summed E-state index contributed by atoms with van der Waals surface area (Å²) in [5, 5.41) is 32.5. The predicted molar refractivity (Wildman–Crippen MR) is 132 cm³/mol. The maximum atomic E-state index is 11.8. The van der Waals surface area contributed by atoms with Crippen LogP contribution in [-0.4, -0.2) is 52.0 Å². The summed E-state index contributed by atoms with van der Waals surface area (Å²) in [6, 6.07) is 0. The number of phenolic OH excluding ortho intramolecular Hbond substituents is 1. The summed E-state index contributed by atoms with van der Waals surface area (Å²) in [6.07, 6.45) is -0.354. The smallest absolute Gasteiger partial charge is 0.303 e. The summed E-state index contributed by atoms with van der Waals surface area (Å²) in [6.45, 7) is 13.5. The Morgan fingerprint density at radius 2 is 1.71 bits per heavy atom. The van der Waals surface area contributed by atoms with Gasteiger partial charge in [0.15, 0.2) is 17.6 Å². The molecule has 0 bridgehead atoms. The second-order valence-corrected chi connectivity index (χ2v) is 11.1. The third-order valence-corrected chi connectivity index (χ3v) is 8.11. The molecule has 1 aromatic carbocycles. The van der Waals surface area contributed by atoms with Crippen molar-refractivity contribution in [2.75, 3.05) is 0 Å². The van der Waals surface area contributed by atoms with Crippen LogP contribution in [0.25, 0.3) is 0 Å². The van der Waals surface area contributed by atoms with Crippen molar-refractivity contribution in [3.05, 3.63) is 33.9 Å². The zero-order valence-electron chi connectivity index (χ0n) is 21.9. The molecule has 194 valence electrons. The number of esters is 1. The van der Waals surface area contributed by atoms with Gasteiger partial charge in [-0.05, 0) is 81.4 Å². The van der Waals surface area contributed by atoms with Crippen LogP contribution < -0.4 is 4.74 Å². The van der Waals surface area contributed by atoms with Gasteiger partial charge in [-0.2, -0.15) is 0 Å². The van der Waals surface area contributed by atoms with E-state index in [9.17, 15) is 20.1 Å². The Morgan fingerprint density at radius 3 is 2.34 bits per heavy atom. The van der Waals surface area contributed by atoms with Crippen molar-refractivity contribution in [1.82, 2.24) is 0 Å². The fourth-order valence-electron chi connectivity index (χ4n) is 6.47. The van der Waals surface area contributed by atoms with Crippen molar-refractivity contribution in [3.8, 4) is 11.5 Å². The number of carbonyl (C=O) groups excluding carboxylic acids is 1. The Hall–Kier alpha value is -2.09. The molecule has 0 radical (unpaired) electrons. The molecule has 3 N–H and O–H groups in total. The second-order valence-electron chi connectivity index (χ2n) is 11.1. The molecule has 1 fully saturated rings. The van der Waals surface area contributed by atoms with Gasteiger partial charge in [-0.15, -0.1) is 0 Å². The predicted octanol–water partition coefficient (Wildman–Crippen LogP) is 4.55. The topological polar surface area (TPSA) is 105 Å². The number of ether oxygens (including phenoxy) is 3. The van der Waals surface area contributed by atoms with Crippen LogP contribution in [0.1, 0.15) is 101 Å². The highest BCUT2D eigenvalue weighted by Crippen LogP contribution is 2.58. The maximum absolute atomic E-state index is 11.8. The second kappa shape index (κ2) is 9.75. The number of hydrogen-bond donors (Lipinski definition) is 3. The molecule has 9 unspecified atom stereocenters. The third-order valence-electron chi connectivity index (χ3n) is 8.11. The molecule has 2 aliphatic carbocycles. The van der Waals surface area contributed by atoms with Gasteiger partial charge in [0.1, 0.15) is 12.2 Å². The molecule has 4 rings (SSSR count). The molecule has 35 heavy (non-hydrogen) atoms. The number of aromatic hydroxyl groups is 1. The first-order valence-corrected chi connectivity index (χ1v) is 12.8. The van der Waals surface area contributed by atoms with Crippen molar-refractivity contribution < 1.29 is 34.3 Å². The van der Waals surface area contributed by atoms with Gasteiger partial charge in [-0.1, -0.05) is 25.5 Å². The molecule has 1 aliphatic heterocycles. The van der Waals surface area contributed by atoms with E-state index >= 15 is 0 Å². The van der Waals surface area contributed by atoms with Gasteiger partial charge in [0.25, 0.3) is 0 Å². The number of aliphatic hydroxyl groups is 2. The SMILES string of the molecule is CC(=O)OC1C(Oc2c(C)c3c4c(c2O)C(C)CCC4C(C)CC3C=C(C)C)OC(C)C(O)C1O. The van der Waals surface area contributed by atoms with E-state index in [-0.39, 0.29) is 17.6 Å². The van der Waals surface area contributed by atoms with E-state index in [1.165, 1.54) is 23.6 Å². The summed E-state index contributed by atoms with van der Waals surface area (Å²) in [5.74, 6) is 1.05. The standard InChI is InChI=1S/C28H40O7/c1-12(2)10-18-11-14(4)19-9-8-13(3)20-22(19)21(18)15(5)26(24(20)31)35-28-27(34-17(7)29)25(32)23(30)16(6)33-28/h10,13-14,16,18-19,23,25,27-28,30-32H,8-9,11H2,1-7H3. The number of hydrogen-bond acceptors (Lipinski definition) is 7. The van der Waals surface area contributed by atoms with Crippen molar-refractivity contribution in [2.24, 2.45) is 5.92 Å². The molecule has 0 amide bonds. The highest BCUT2D eigenvalue weighted by atomic mass is 16.7. The minimum atomic E-state index is -1.38. The highest BCUT2D eigenvalue weighted by molar-refractivity contribution is 5.66. The van der Waals surface area contributed by atoms with Crippen LogP contribution in [0, 0.1) is 12.8 Å². The molecule has 9 atom stereocenters. The molecule has 0 saturated carbocycles. The van der Waals surface area contributed by atoms with E-state index in [0.29, 0.717) is 17.6 Å². The van der Waals surface area contributed by atoms with Crippen LogP contribution in [0.5, 0.6) is 11.5 Å². The molecule has 3 aliphatic rings. The zero-order valence-corrected chi connectivity index (χ0v) is 21.9. The highest BCUT2D eigenvalue weighted by Gasteiger charge is 2.48. The Morgan fingerprint density at radius 1 is 1.03 bits per heavy atom. The van der Waals surface area contributed by atoms with Crippen LogP contribution in [0.15, 0.2) is 11.6 Å². The Balaban J connectivity index is 1.85. The molecular weight excluding hydrogens is 448 g/mol. The van der Waals surface area contributed by atoms with E-state index < -0.39 is 36.7 Å². The fourth-order valence-corrected chi connectivity index (χ4v) is 6.47. The van der Waals surface area contributed by atoms with Crippen LogP contribution in [-0.2, 0) is 14.3 Å². The molecule has 0 aromatic heterocycles. The molecular formula is C28H40O7. The van der Waals surface area contributed by atoms with E-state index in [4.69, 9.17) is 14.2 Å². The minimum absolute atomic E-state index is 0.0990. The summed E-state index contributed by atoms with van der Waals surface area (Å²) in [4.78, 5) is 11.8. The van der Waals surface area contributed by atoms with E-state index in [1.54, 1.807) is 6.92 Å². The maximum Gasteiger partial charge on any atom is 0.303 e. The number of rotatable bonds is 4. The van der Waals surface area contributed by atoms with Gasteiger partial charge in [0, 0.05) is 18.4 Å². The van der Waals surface area contributed by atoms with Crippen LogP contribution in [0.2, 0.25) is 0 Å². The first kappa shape index (κ1) is 26.0. The van der Waals surface area contributed by atoms with Gasteiger partial charge in [-0.3, -0.25) is 4.79 Å². The molecule has 7 heteroatoms. The van der Waals surface area contributed by atoms with Crippen molar-refractivity contribution in [2.45, 2.75) is 116 Å². The number of aliphatic hydroxyl groups excluding tert-OH is 2. The quantitative estimate of drug-likeness (QED) is 0.422. The molecule has 0 spiro atoms. The van der Waals surface area contributed by atoms with Gasteiger partial charge in [-0.25, -0.2) is 0 Å².